The van der Waals surface area contributed by atoms with Crippen molar-refractivity contribution in [3.8, 4) is 0 Å². The van der Waals surface area contributed by atoms with Gasteiger partial charge in [-0.2, -0.15) is 13.2 Å². The topological polar surface area (TPSA) is 46.1 Å². The Bertz CT molecular complexity index is 982. The first-order valence-electron chi connectivity index (χ1n) is 8.14. The molecule has 138 valence electrons. The smallest absolute Gasteiger partial charge is 0.338 e. The number of aromatic nitrogens is 2. The van der Waals surface area contributed by atoms with E-state index in [4.69, 9.17) is 0 Å². The average Bonchev–Trinajstić information content (AvgIpc) is 2.65. The van der Waals surface area contributed by atoms with E-state index in [1.165, 1.54) is 23.1 Å². The molecule has 0 aliphatic heterocycles. The summed E-state index contributed by atoms with van der Waals surface area (Å²) in [5.74, 6) is -0.287. The fourth-order valence-electron chi connectivity index (χ4n) is 2.49. The maximum Gasteiger partial charge on any atom is 0.416 e. The van der Waals surface area contributed by atoms with Crippen LogP contribution in [0.3, 0.4) is 0 Å². The number of para-hydroxylation sites is 2. The third-order valence-electron chi connectivity index (χ3n) is 3.94. The van der Waals surface area contributed by atoms with Gasteiger partial charge in [-0.1, -0.05) is 24.3 Å². The molecule has 0 spiro atoms. The molecule has 0 atom stereocenters. The van der Waals surface area contributed by atoms with E-state index in [0.29, 0.717) is 11.3 Å². The molecule has 0 fully saturated rings. The number of rotatable bonds is 4. The second-order valence-corrected chi connectivity index (χ2v) is 6.01. The summed E-state index contributed by atoms with van der Waals surface area (Å²) in [5.41, 5.74) is 1.93. The van der Waals surface area contributed by atoms with Crippen molar-refractivity contribution in [1.29, 1.82) is 0 Å². The first kappa shape index (κ1) is 18.6. The summed E-state index contributed by atoms with van der Waals surface area (Å²) in [6.07, 6.45) is 0.125. The van der Waals surface area contributed by atoms with E-state index in [2.05, 4.69) is 9.97 Å². The first-order chi connectivity index (χ1) is 12.8. The molecule has 0 unspecified atom stereocenters. The van der Waals surface area contributed by atoms with Crippen molar-refractivity contribution in [2.24, 2.45) is 0 Å². The highest BCUT2D eigenvalue weighted by Crippen LogP contribution is 2.29. The van der Waals surface area contributed by atoms with Crippen molar-refractivity contribution >= 4 is 23.0 Å². The van der Waals surface area contributed by atoms with E-state index < -0.39 is 11.7 Å². The predicted octanol–water partition coefficient (Wildman–Crippen LogP) is 4.32. The second kappa shape index (κ2) is 7.57. The van der Waals surface area contributed by atoms with Gasteiger partial charge in [0.25, 0.3) is 0 Å². The molecule has 0 saturated heterocycles. The van der Waals surface area contributed by atoms with Crippen molar-refractivity contribution in [3.63, 3.8) is 0 Å². The molecule has 7 heteroatoms. The quantitative estimate of drug-likeness (QED) is 0.642. The Morgan fingerprint density at radius 1 is 1.07 bits per heavy atom. The summed E-state index contributed by atoms with van der Waals surface area (Å²) < 4.78 is 37.8. The molecule has 1 amide bonds. The van der Waals surface area contributed by atoms with Crippen molar-refractivity contribution < 1.29 is 18.0 Å². The molecule has 27 heavy (non-hydrogen) atoms. The summed E-state index contributed by atoms with van der Waals surface area (Å²) in [6, 6.07) is 12.1. The highest BCUT2D eigenvalue weighted by molar-refractivity contribution is 5.91. The standard InChI is InChI=1S/C20H16F3N3O/c1-26(13-14-6-8-15(9-7-14)20(21,22)23)19(27)11-10-16-12-24-17-4-2-3-5-18(17)25-16/h2-12H,13H2,1H3. The van der Waals surface area contributed by atoms with Crippen molar-refractivity contribution in [3.05, 3.63) is 77.6 Å². The second-order valence-electron chi connectivity index (χ2n) is 6.01. The minimum Gasteiger partial charge on any atom is -0.338 e. The van der Waals surface area contributed by atoms with Gasteiger partial charge in [-0.05, 0) is 35.9 Å². The van der Waals surface area contributed by atoms with E-state index >= 15 is 0 Å². The number of carbonyl (C=O) groups is 1. The van der Waals surface area contributed by atoms with Crippen LogP contribution in [0.15, 0.2) is 60.8 Å². The monoisotopic (exact) mass is 371 g/mol. The summed E-state index contributed by atoms with van der Waals surface area (Å²) in [6.45, 7) is 0.199. The van der Waals surface area contributed by atoms with Gasteiger partial charge in [0.1, 0.15) is 0 Å². The molecular weight excluding hydrogens is 355 g/mol. The van der Waals surface area contributed by atoms with Gasteiger partial charge in [0.15, 0.2) is 0 Å². The highest BCUT2D eigenvalue weighted by Gasteiger charge is 2.29. The van der Waals surface area contributed by atoms with Crippen LogP contribution >= 0.6 is 0 Å². The van der Waals surface area contributed by atoms with Crippen molar-refractivity contribution in [1.82, 2.24) is 14.9 Å². The van der Waals surface area contributed by atoms with Crippen LogP contribution in [-0.2, 0) is 17.5 Å². The third-order valence-corrected chi connectivity index (χ3v) is 3.94. The van der Waals surface area contributed by atoms with E-state index in [9.17, 15) is 18.0 Å². The average molecular weight is 371 g/mol. The number of hydrogen-bond acceptors (Lipinski definition) is 3. The molecule has 0 bridgehead atoms. The van der Waals surface area contributed by atoms with E-state index in [0.717, 1.165) is 23.2 Å². The molecule has 0 aliphatic carbocycles. The van der Waals surface area contributed by atoms with Gasteiger partial charge in [0.2, 0.25) is 5.91 Å². The van der Waals surface area contributed by atoms with Crippen molar-refractivity contribution in [2.45, 2.75) is 12.7 Å². The number of halogens is 3. The third kappa shape index (κ3) is 4.69. The molecule has 0 aliphatic rings. The lowest BCUT2D eigenvalue weighted by Gasteiger charge is -2.15. The Morgan fingerprint density at radius 3 is 2.41 bits per heavy atom. The van der Waals surface area contributed by atoms with Gasteiger partial charge in [0, 0.05) is 19.7 Å². The maximum absolute atomic E-state index is 12.6. The zero-order valence-corrected chi connectivity index (χ0v) is 14.4. The highest BCUT2D eigenvalue weighted by atomic mass is 19.4. The van der Waals surface area contributed by atoms with Crippen LogP contribution in [-0.4, -0.2) is 27.8 Å². The Hall–Kier alpha value is -3.22. The summed E-state index contributed by atoms with van der Waals surface area (Å²) in [7, 11) is 1.58. The van der Waals surface area contributed by atoms with E-state index in [1.807, 2.05) is 24.3 Å². The minimum atomic E-state index is -4.37. The lowest BCUT2D eigenvalue weighted by atomic mass is 10.1. The largest absolute Gasteiger partial charge is 0.416 e. The molecule has 3 aromatic rings. The SMILES string of the molecule is CN(Cc1ccc(C(F)(F)F)cc1)C(=O)C=Cc1cnc2ccccc2n1. The summed E-state index contributed by atoms with van der Waals surface area (Å²) >= 11 is 0. The number of nitrogens with zero attached hydrogens (tertiary/aromatic N) is 3. The predicted molar refractivity (Wildman–Crippen MR) is 96.5 cm³/mol. The van der Waals surface area contributed by atoms with Gasteiger partial charge >= 0.3 is 6.18 Å². The molecule has 1 heterocycles. The molecule has 1 aromatic heterocycles. The molecule has 0 radical (unpaired) electrons. The Morgan fingerprint density at radius 2 is 1.74 bits per heavy atom. The Labute approximate surface area is 154 Å². The zero-order chi connectivity index (χ0) is 19.4. The van der Waals surface area contributed by atoms with Gasteiger partial charge < -0.3 is 4.90 Å². The molecular formula is C20H16F3N3O. The normalized spacial score (nSPS) is 11.9. The number of fused-ring (bicyclic) bond motifs is 1. The van der Waals surface area contributed by atoms with Gasteiger partial charge in [0.05, 0.1) is 28.5 Å². The molecule has 4 nitrogen and oxygen atoms in total. The van der Waals surface area contributed by atoms with Gasteiger partial charge in [-0.3, -0.25) is 9.78 Å². The van der Waals surface area contributed by atoms with Crippen LogP contribution in [0.1, 0.15) is 16.8 Å². The fraction of sp³-hybridized carbons (Fsp3) is 0.150. The number of carbonyl (C=O) groups excluding carboxylic acids is 1. The number of hydrogen-bond donors (Lipinski definition) is 0. The minimum absolute atomic E-state index is 0.199. The lowest BCUT2D eigenvalue weighted by Crippen LogP contribution is -2.24. The molecule has 3 rings (SSSR count). The lowest BCUT2D eigenvalue weighted by molar-refractivity contribution is -0.137. The number of alkyl halides is 3. The molecule has 0 N–H and O–H groups in total. The zero-order valence-electron chi connectivity index (χ0n) is 14.4. The Balaban J connectivity index is 1.65. The van der Waals surface area contributed by atoms with Crippen LogP contribution < -0.4 is 0 Å². The maximum atomic E-state index is 12.6. The molecule has 2 aromatic carbocycles. The van der Waals surface area contributed by atoms with E-state index in [-0.39, 0.29) is 12.5 Å². The summed E-state index contributed by atoms with van der Waals surface area (Å²) in [4.78, 5) is 22.3. The van der Waals surface area contributed by atoms with Crippen molar-refractivity contribution in [2.75, 3.05) is 7.05 Å². The summed E-state index contributed by atoms with van der Waals surface area (Å²) in [5, 5.41) is 0. The fourth-order valence-corrected chi connectivity index (χ4v) is 2.49. The number of likely N-dealkylation sites (N-methyl/N-ethyl adjacent to an activating group) is 1. The van der Waals surface area contributed by atoms with Crippen LogP contribution in [0.4, 0.5) is 13.2 Å². The van der Waals surface area contributed by atoms with Crippen LogP contribution in [0.2, 0.25) is 0 Å². The number of amides is 1. The molecule has 0 saturated carbocycles. The van der Waals surface area contributed by atoms with Crippen LogP contribution in [0, 0.1) is 0 Å². The van der Waals surface area contributed by atoms with E-state index in [1.54, 1.807) is 19.3 Å². The first-order valence-corrected chi connectivity index (χ1v) is 8.14. The van der Waals surface area contributed by atoms with Gasteiger partial charge in [-0.15, -0.1) is 0 Å². The number of benzene rings is 2. The van der Waals surface area contributed by atoms with Gasteiger partial charge in [-0.25, -0.2) is 4.98 Å². The Kier molecular flexibility index (Phi) is 5.21. The van der Waals surface area contributed by atoms with Crippen LogP contribution in [0.25, 0.3) is 17.1 Å². The van der Waals surface area contributed by atoms with Crippen LogP contribution in [0.5, 0.6) is 0 Å².